The van der Waals surface area contributed by atoms with E-state index in [0.717, 1.165) is 0 Å². The second kappa shape index (κ2) is 8.31. The van der Waals surface area contributed by atoms with Crippen molar-refractivity contribution in [3.63, 3.8) is 0 Å². The minimum absolute atomic E-state index is 0.00802. The predicted octanol–water partition coefficient (Wildman–Crippen LogP) is 2.68. The van der Waals surface area contributed by atoms with E-state index in [1.807, 2.05) is 6.07 Å². The Morgan fingerprint density at radius 2 is 1.87 bits per heavy atom. The van der Waals surface area contributed by atoms with Crippen LogP contribution in [0, 0.1) is 12.3 Å². The van der Waals surface area contributed by atoms with E-state index >= 15 is 0 Å². The number of anilines is 2. The van der Waals surface area contributed by atoms with Crippen LogP contribution in [0.2, 0.25) is 0 Å². The first kappa shape index (κ1) is 23.0. The van der Waals surface area contributed by atoms with Gasteiger partial charge in [-0.3, -0.25) is 19.0 Å². The second-order valence-corrected chi connectivity index (χ2v) is 8.97. The highest BCUT2D eigenvalue weighted by Gasteiger charge is 2.36. The van der Waals surface area contributed by atoms with Crippen molar-refractivity contribution in [1.29, 1.82) is 0 Å². The number of aromatic nitrogens is 4. The van der Waals surface area contributed by atoms with Crippen LogP contribution in [-0.2, 0) is 0 Å². The number of fused-ring (bicyclic) bond motifs is 1. The van der Waals surface area contributed by atoms with Crippen LogP contribution < -0.4 is 21.5 Å². The Morgan fingerprint density at radius 1 is 1.11 bits per heavy atom. The lowest BCUT2D eigenvalue weighted by atomic mass is 9.97. The van der Waals surface area contributed by atoms with Gasteiger partial charge >= 0.3 is 0 Å². The van der Waals surface area contributed by atoms with E-state index in [4.69, 9.17) is 12.2 Å². The van der Waals surface area contributed by atoms with Gasteiger partial charge in [0.2, 0.25) is 0 Å². The highest BCUT2D eigenvalue weighted by atomic mass is 16.2. The number of nitrogens with two attached hydrogens (primary N) is 1. The Balaban J connectivity index is 1.61. The molecule has 0 saturated heterocycles. The van der Waals surface area contributed by atoms with Crippen LogP contribution in [0.4, 0.5) is 11.5 Å². The van der Waals surface area contributed by atoms with Gasteiger partial charge < -0.3 is 16.0 Å². The van der Waals surface area contributed by atoms with E-state index in [1.165, 1.54) is 20.2 Å². The van der Waals surface area contributed by atoms with Crippen molar-refractivity contribution in [3.8, 4) is 18.0 Å². The van der Waals surface area contributed by atoms with Gasteiger partial charge in [0.15, 0.2) is 11.5 Å². The molecule has 0 saturated carbocycles. The number of pyridine rings is 1. The van der Waals surface area contributed by atoms with Crippen LogP contribution in [0.5, 0.6) is 0 Å². The van der Waals surface area contributed by atoms with E-state index in [9.17, 15) is 14.4 Å². The molecule has 3 aromatic heterocycles. The zero-order valence-electron chi connectivity index (χ0n) is 20.5. The Labute approximate surface area is 216 Å². The smallest absolute Gasteiger partial charge is 0.264 e. The number of nitrogen functional groups attached to an aromatic ring is 1. The second-order valence-electron chi connectivity index (χ2n) is 8.97. The average Bonchev–Trinajstić information content (AvgIpc) is 3.39. The number of carbonyl (C=O) groups excluding carboxylic acids is 2. The van der Waals surface area contributed by atoms with Crippen molar-refractivity contribution < 1.29 is 9.59 Å². The summed E-state index contributed by atoms with van der Waals surface area (Å²) in [5.74, 6) is 1.74. The Kier molecular flexibility index (Phi) is 5.03. The van der Waals surface area contributed by atoms with Gasteiger partial charge in [-0.15, -0.1) is 11.5 Å². The number of nitrogens with zero attached hydrogens (tertiary/aromatic N) is 5. The van der Waals surface area contributed by atoms with E-state index in [-0.39, 0.29) is 33.9 Å². The van der Waals surface area contributed by atoms with E-state index in [0.29, 0.717) is 33.6 Å². The van der Waals surface area contributed by atoms with Crippen LogP contribution in [-0.4, -0.2) is 38.0 Å². The van der Waals surface area contributed by atoms with Gasteiger partial charge in [0.25, 0.3) is 17.4 Å². The van der Waals surface area contributed by atoms with Crippen molar-refractivity contribution >= 4 is 39.7 Å². The quantitative estimate of drug-likeness (QED) is 0.363. The largest absolute Gasteiger partial charge is 0.381 e. The maximum atomic E-state index is 14.1. The van der Waals surface area contributed by atoms with Crippen molar-refractivity contribution in [1.82, 2.24) is 24.5 Å². The van der Waals surface area contributed by atoms with Gasteiger partial charge in [0.05, 0.1) is 28.4 Å². The minimum atomic E-state index is -0.800. The molecule has 3 N–H and O–H groups in total. The predicted molar refractivity (Wildman–Crippen MR) is 143 cm³/mol. The molecule has 0 radical (unpaired) electrons. The van der Waals surface area contributed by atoms with Gasteiger partial charge in [-0.2, -0.15) is 0 Å². The molecule has 0 spiro atoms. The van der Waals surface area contributed by atoms with Gasteiger partial charge in [-0.05, 0) is 37.3 Å². The molecule has 0 bridgehead atoms. The minimum Gasteiger partial charge on any atom is -0.381 e. The number of para-hydroxylation sites is 1. The number of terminal acetylenes is 1. The van der Waals surface area contributed by atoms with Gasteiger partial charge in [0, 0.05) is 36.1 Å². The summed E-state index contributed by atoms with van der Waals surface area (Å²) in [6, 6.07) is 13.2. The summed E-state index contributed by atoms with van der Waals surface area (Å²) in [5, 5.41) is 7.81. The van der Waals surface area contributed by atoms with Crippen LogP contribution >= 0.6 is 0 Å². The zero-order valence-corrected chi connectivity index (χ0v) is 20.5. The van der Waals surface area contributed by atoms with Crippen molar-refractivity contribution in [3.05, 3.63) is 93.7 Å². The monoisotopic (exact) mass is 503 g/mol. The maximum Gasteiger partial charge on any atom is 0.264 e. The van der Waals surface area contributed by atoms with Crippen molar-refractivity contribution in [2.24, 2.45) is 0 Å². The summed E-state index contributed by atoms with van der Waals surface area (Å²) in [7, 11) is 1.64. The molecule has 2 amide bonds. The van der Waals surface area contributed by atoms with Crippen LogP contribution in [0.25, 0.3) is 22.1 Å². The lowest BCUT2D eigenvalue weighted by Crippen LogP contribution is -2.35. The zero-order chi connectivity index (χ0) is 26.7. The maximum absolute atomic E-state index is 14.1. The first-order chi connectivity index (χ1) is 18.3. The van der Waals surface area contributed by atoms with E-state index < -0.39 is 11.9 Å². The van der Waals surface area contributed by atoms with Gasteiger partial charge in [-0.1, -0.05) is 24.1 Å². The van der Waals surface area contributed by atoms with Gasteiger partial charge in [0.1, 0.15) is 5.56 Å². The number of benzene rings is 2. The van der Waals surface area contributed by atoms with E-state index in [2.05, 4.69) is 21.3 Å². The van der Waals surface area contributed by atoms with Crippen LogP contribution in [0.15, 0.2) is 65.7 Å². The lowest BCUT2D eigenvalue weighted by Gasteiger charge is -2.23. The summed E-state index contributed by atoms with van der Waals surface area (Å²) in [4.78, 5) is 46.9. The molecule has 186 valence electrons. The molecule has 2 aromatic carbocycles. The third-order valence-electron chi connectivity index (χ3n) is 6.80. The molecule has 38 heavy (non-hydrogen) atoms. The summed E-state index contributed by atoms with van der Waals surface area (Å²) in [6.45, 7) is 1.71. The molecule has 0 aliphatic carbocycles. The summed E-state index contributed by atoms with van der Waals surface area (Å²) >= 11 is 0. The van der Waals surface area contributed by atoms with Gasteiger partial charge in [-0.25, -0.2) is 9.50 Å². The highest BCUT2D eigenvalue weighted by molar-refractivity contribution is 6.26. The van der Waals surface area contributed by atoms with Crippen molar-refractivity contribution in [2.75, 3.05) is 17.7 Å². The Bertz CT molecular complexity index is 1920. The molecular weight excluding hydrogens is 482 g/mol. The summed E-state index contributed by atoms with van der Waals surface area (Å²) < 4.78 is 2.86. The molecule has 1 aliphatic rings. The summed E-state index contributed by atoms with van der Waals surface area (Å²) in [6.07, 6.45) is 8.93. The topological polar surface area (TPSA) is 128 Å². The number of hydrogen-bond donors (Lipinski definition) is 2. The van der Waals surface area contributed by atoms with Crippen LogP contribution in [0.1, 0.15) is 44.9 Å². The molecule has 1 aliphatic heterocycles. The number of amides is 2. The standard InChI is InChI=1S/C28H21N7O3/c1-4-16-11-12-18-20-19(16)28(38)35(17-9-6-5-7-10-17)23(21(20)27(37)33(18)3)15(2)31-26(36)22-24(29)32-34-14-8-13-30-25(22)34/h1,5-15H,2-3H3,(H2,29,32)(H,31,36)/t15-/m1/s1. The fraction of sp³-hybridized carbons (Fsp3) is 0.107. The van der Waals surface area contributed by atoms with E-state index in [1.54, 1.807) is 62.6 Å². The molecule has 1 atom stereocenters. The molecule has 5 aromatic rings. The molecule has 6 rings (SSSR count). The fourth-order valence-corrected chi connectivity index (χ4v) is 5.12. The first-order valence-electron chi connectivity index (χ1n) is 11.8. The molecule has 10 nitrogen and oxygen atoms in total. The highest BCUT2D eigenvalue weighted by Crippen LogP contribution is 2.40. The van der Waals surface area contributed by atoms with Crippen LogP contribution in [0.3, 0.4) is 0 Å². The number of rotatable bonds is 4. The summed E-state index contributed by atoms with van der Waals surface area (Å²) in [5.41, 5.74) is 8.18. The Hall–Kier alpha value is -5.43. The number of nitrogens with one attached hydrogen (secondary N) is 1. The molecule has 10 heteroatoms. The lowest BCUT2D eigenvalue weighted by molar-refractivity contribution is 0.0935. The third-order valence-corrected chi connectivity index (χ3v) is 6.80. The molecule has 0 fully saturated rings. The normalized spacial score (nSPS) is 13.2. The molecule has 0 unspecified atom stereocenters. The first-order valence-corrected chi connectivity index (χ1v) is 11.8. The Morgan fingerprint density at radius 3 is 2.61 bits per heavy atom. The average molecular weight is 504 g/mol. The van der Waals surface area contributed by atoms with Crippen molar-refractivity contribution in [2.45, 2.75) is 13.0 Å². The fourth-order valence-electron chi connectivity index (χ4n) is 5.12. The molecule has 4 heterocycles. The molecular formula is C28H21N7O3. The SMILES string of the molecule is C#Cc1ccc2c3c(c([C@@H](C)NC(=O)c4c(N)nn5cccnc45)n(-c4ccccc4)c(=O)c13)C(=O)N2C. The number of hydrogen-bond acceptors (Lipinski definition) is 6. The number of carbonyl (C=O) groups is 2. The third kappa shape index (κ3) is 3.12.